The molecule has 0 fully saturated rings. The number of carbonyl (C=O) groups is 1. The van der Waals surface area contributed by atoms with Crippen LogP contribution in [0.25, 0.3) is 0 Å². The third-order valence-electron chi connectivity index (χ3n) is 2.21. The van der Waals surface area contributed by atoms with E-state index in [0.29, 0.717) is 23.6 Å². The van der Waals surface area contributed by atoms with Crippen molar-refractivity contribution in [1.82, 2.24) is 0 Å². The van der Waals surface area contributed by atoms with Gasteiger partial charge in [0.15, 0.2) is 0 Å². The van der Waals surface area contributed by atoms with E-state index in [1.54, 1.807) is 25.1 Å². The average Bonchev–Trinajstić information content (AvgIpc) is 2.31. The topological polar surface area (TPSA) is 88.1 Å². The van der Waals surface area contributed by atoms with Gasteiger partial charge in [0, 0.05) is 0 Å². The van der Waals surface area contributed by atoms with Crippen LogP contribution in [0.15, 0.2) is 18.2 Å². The van der Waals surface area contributed by atoms with Crippen LogP contribution in [0.5, 0.6) is 5.75 Å². The van der Waals surface area contributed by atoms with Crippen LogP contribution in [-0.2, 0) is 4.79 Å². The highest BCUT2D eigenvalue weighted by molar-refractivity contribution is 5.83. The molecule has 5 nitrogen and oxygen atoms in total. The van der Waals surface area contributed by atoms with Crippen molar-refractivity contribution in [3.05, 3.63) is 23.8 Å². The van der Waals surface area contributed by atoms with Crippen LogP contribution in [0.1, 0.15) is 19.4 Å². The molecule has 0 aromatic heterocycles. The summed E-state index contributed by atoms with van der Waals surface area (Å²) in [6.07, 6.45) is 0. The Kier molecular flexibility index (Phi) is 4.35. The minimum Gasteiger partial charge on any atom is -0.492 e. The number of amides is 1. The molecule has 0 aliphatic carbocycles. The Labute approximate surface area is 100 Å². The molecule has 0 radical (unpaired) electrons. The number of carbonyl (C=O) groups excluding carboxylic acids is 1. The van der Waals surface area contributed by atoms with Gasteiger partial charge >= 0.3 is 0 Å². The third-order valence-corrected chi connectivity index (χ3v) is 2.21. The number of nitriles is 1. The molecule has 1 aromatic carbocycles. The lowest BCUT2D eigenvalue weighted by Gasteiger charge is -2.15. The molecular weight excluding hydrogens is 218 g/mol. The molecule has 0 unspecified atom stereocenters. The highest BCUT2D eigenvalue weighted by atomic mass is 16.5. The summed E-state index contributed by atoms with van der Waals surface area (Å²) in [7, 11) is 0. The molecule has 3 N–H and O–H groups in total. The molecule has 1 atom stereocenters. The average molecular weight is 233 g/mol. The van der Waals surface area contributed by atoms with Gasteiger partial charge in [0.05, 0.1) is 23.9 Å². The molecule has 5 heteroatoms. The fourth-order valence-corrected chi connectivity index (χ4v) is 1.30. The van der Waals surface area contributed by atoms with Gasteiger partial charge in [0.2, 0.25) is 5.91 Å². The first-order chi connectivity index (χ1) is 8.08. The third kappa shape index (κ3) is 3.38. The van der Waals surface area contributed by atoms with Crippen LogP contribution in [0.4, 0.5) is 5.69 Å². The highest BCUT2D eigenvalue weighted by Gasteiger charge is 2.12. The molecule has 0 saturated carbocycles. The lowest BCUT2D eigenvalue weighted by molar-refractivity contribution is -0.118. The van der Waals surface area contributed by atoms with Crippen molar-refractivity contribution in [1.29, 1.82) is 5.26 Å². The van der Waals surface area contributed by atoms with Gasteiger partial charge in [-0.3, -0.25) is 4.79 Å². The fraction of sp³-hybridized carbons (Fsp3) is 0.333. The molecule has 90 valence electrons. The van der Waals surface area contributed by atoms with E-state index in [1.807, 2.05) is 13.0 Å². The first-order valence-corrected chi connectivity index (χ1v) is 5.31. The molecule has 0 spiro atoms. The molecular formula is C12H15N3O2. The van der Waals surface area contributed by atoms with Gasteiger partial charge in [-0.15, -0.1) is 0 Å². The summed E-state index contributed by atoms with van der Waals surface area (Å²) in [6.45, 7) is 4.02. The number of hydrogen-bond acceptors (Lipinski definition) is 4. The highest BCUT2D eigenvalue weighted by Crippen LogP contribution is 2.26. The number of hydrogen-bond donors (Lipinski definition) is 2. The summed E-state index contributed by atoms with van der Waals surface area (Å²) in [5.41, 5.74) is 6.26. The summed E-state index contributed by atoms with van der Waals surface area (Å²) in [5.74, 6) is 0.134. The van der Waals surface area contributed by atoms with Crippen molar-refractivity contribution >= 4 is 11.6 Å². The van der Waals surface area contributed by atoms with Gasteiger partial charge in [0.25, 0.3) is 0 Å². The Balaban J connectivity index is 3.01. The maximum absolute atomic E-state index is 11.0. The first-order valence-electron chi connectivity index (χ1n) is 5.31. The smallest absolute Gasteiger partial charge is 0.239 e. The minimum absolute atomic E-state index is 0.463. The second-order valence-electron chi connectivity index (χ2n) is 3.52. The molecule has 1 amide bonds. The fourth-order valence-electron chi connectivity index (χ4n) is 1.30. The van der Waals surface area contributed by atoms with Crippen LogP contribution in [0.3, 0.4) is 0 Å². The molecule has 0 aliphatic rings. The van der Waals surface area contributed by atoms with Gasteiger partial charge in [0.1, 0.15) is 11.8 Å². The molecule has 17 heavy (non-hydrogen) atoms. The predicted octanol–water partition coefficient (Wildman–Crippen LogP) is 1.24. The second-order valence-corrected chi connectivity index (χ2v) is 3.52. The number of benzene rings is 1. The standard InChI is InChI=1S/C12H15N3O2/c1-3-17-11-5-4-9(7-13)6-10(11)15-8(2)12(14)16/h4-6,8,15H,3H2,1-2H3,(H2,14,16)/t8-/m1/s1. The number of ether oxygens (including phenoxy) is 1. The summed E-state index contributed by atoms with van der Waals surface area (Å²) in [6, 6.07) is 6.48. The molecule has 0 saturated heterocycles. The van der Waals surface area contributed by atoms with E-state index in [4.69, 9.17) is 15.7 Å². The zero-order chi connectivity index (χ0) is 12.8. The van der Waals surface area contributed by atoms with E-state index >= 15 is 0 Å². The van der Waals surface area contributed by atoms with Gasteiger partial charge in [-0.2, -0.15) is 5.26 Å². The summed E-state index contributed by atoms with van der Waals surface area (Å²) in [4.78, 5) is 11.0. The number of rotatable bonds is 5. The summed E-state index contributed by atoms with van der Waals surface area (Å²) < 4.78 is 5.39. The zero-order valence-electron chi connectivity index (χ0n) is 9.86. The summed E-state index contributed by atoms with van der Waals surface area (Å²) in [5, 5.41) is 11.7. The minimum atomic E-state index is -0.525. The quantitative estimate of drug-likeness (QED) is 0.800. The van der Waals surface area contributed by atoms with E-state index in [2.05, 4.69) is 5.32 Å². The van der Waals surface area contributed by atoms with Gasteiger partial charge < -0.3 is 15.8 Å². The molecule has 1 rings (SSSR count). The SMILES string of the molecule is CCOc1ccc(C#N)cc1N[C@H](C)C(N)=O. The number of anilines is 1. The lowest BCUT2D eigenvalue weighted by Crippen LogP contribution is -2.32. The number of primary amides is 1. The lowest BCUT2D eigenvalue weighted by atomic mass is 10.2. The van der Waals surface area contributed by atoms with Crippen molar-refractivity contribution in [2.24, 2.45) is 5.73 Å². The van der Waals surface area contributed by atoms with Crippen molar-refractivity contribution in [3.63, 3.8) is 0 Å². The maximum Gasteiger partial charge on any atom is 0.239 e. The van der Waals surface area contributed by atoms with Gasteiger partial charge in [-0.05, 0) is 32.0 Å². The predicted molar refractivity (Wildman–Crippen MR) is 64.6 cm³/mol. The monoisotopic (exact) mass is 233 g/mol. The Bertz CT molecular complexity index is 452. The molecule has 0 aliphatic heterocycles. The molecule has 0 heterocycles. The maximum atomic E-state index is 11.0. The Morgan fingerprint density at radius 2 is 2.35 bits per heavy atom. The van der Waals surface area contributed by atoms with Crippen molar-refractivity contribution in [2.75, 3.05) is 11.9 Å². The number of nitrogens with one attached hydrogen (secondary N) is 1. The van der Waals surface area contributed by atoms with E-state index in [9.17, 15) is 4.79 Å². The second kappa shape index (κ2) is 5.75. The Morgan fingerprint density at radius 1 is 1.65 bits per heavy atom. The number of nitrogens with two attached hydrogens (primary N) is 1. The number of nitrogens with zero attached hydrogens (tertiary/aromatic N) is 1. The van der Waals surface area contributed by atoms with Crippen molar-refractivity contribution < 1.29 is 9.53 Å². The first kappa shape index (κ1) is 12.8. The largest absolute Gasteiger partial charge is 0.492 e. The van der Waals surface area contributed by atoms with E-state index in [-0.39, 0.29) is 0 Å². The van der Waals surface area contributed by atoms with E-state index in [1.165, 1.54) is 0 Å². The Hall–Kier alpha value is -2.22. The normalized spacial score (nSPS) is 11.4. The Morgan fingerprint density at radius 3 is 2.88 bits per heavy atom. The van der Waals surface area contributed by atoms with Crippen molar-refractivity contribution in [2.45, 2.75) is 19.9 Å². The van der Waals surface area contributed by atoms with Crippen LogP contribution in [0.2, 0.25) is 0 Å². The van der Waals surface area contributed by atoms with E-state index < -0.39 is 11.9 Å². The summed E-state index contributed by atoms with van der Waals surface area (Å²) >= 11 is 0. The van der Waals surface area contributed by atoms with Crippen molar-refractivity contribution in [3.8, 4) is 11.8 Å². The van der Waals surface area contributed by atoms with Gasteiger partial charge in [-0.25, -0.2) is 0 Å². The van der Waals surface area contributed by atoms with Crippen LogP contribution in [0, 0.1) is 11.3 Å². The van der Waals surface area contributed by atoms with Crippen LogP contribution in [-0.4, -0.2) is 18.6 Å². The molecule has 0 bridgehead atoms. The van der Waals surface area contributed by atoms with E-state index in [0.717, 1.165) is 0 Å². The van der Waals surface area contributed by atoms with Crippen LogP contribution < -0.4 is 15.8 Å². The van der Waals surface area contributed by atoms with Gasteiger partial charge in [-0.1, -0.05) is 0 Å². The zero-order valence-corrected chi connectivity index (χ0v) is 9.86. The molecule has 1 aromatic rings. The van der Waals surface area contributed by atoms with Crippen LogP contribution >= 0.6 is 0 Å².